The van der Waals surface area contributed by atoms with Crippen LogP contribution < -0.4 is 5.32 Å². The molecule has 0 radical (unpaired) electrons. The first-order valence-electron chi connectivity index (χ1n) is 8.02. The van der Waals surface area contributed by atoms with Crippen LogP contribution in [-0.2, 0) is 31.9 Å². The molecule has 130 valence electrons. The van der Waals surface area contributed by atoms with Gasteiger partial charge in [-0.15, -0.1) is 0 Å². The molecular weight excluding hydrogens is 338 g/mol. The van der Waals surface area contributed by atoms with Gasteiger partial charge in [0, 0.05) is 28.0 Å². The molecule has 2 aromatic carbocycles. The fourth-order valence-corrected chi connectivity index (χ4v) is 3.87. The highest BCUT2D eigenvalue weighted by atomic mass is 32.2. The van der Waals surface area contributed by atoms with Crippen LogP contribution in [-0.4, -0.2) is 21.2 Å². The third-order valence-electron chi connectivity index (χ3n) is 4.28. The Hall–Kier alpha value is -2.47. The molecule has 0 bridgehead atoms. The average Bonchev–Trinajstić information content (AvgIpc) is 3.38. The molecule has 2 N–H and O–H groups in total. The number of anilines is 1. The zero-order valence-corrected chi connectivity index (χ0v) is 14.4. The van der Waals surface area contributed by atoms with Gasteiger partial charge in [0.25, 0.3) is 0 Å². The topological polar surface area (TPSA) is 83.5 Å². The maximum Gasteiger partial charge on any atom is 0.319 e. The number of carboxylic acids is 1. The van der Waals surface area contributed by atoms with E-state index in [9.17, 15) is 13.8 Å². The second-order valence-electron chi connectivity index (χ2n) is 6.26. The zero-order chi connectivity index (χ0) is 17.9. The lowest BCUT2D eigenvalue weighted by Crippen LogP contribution is -2.31. The van der Waals surface area contributed by atoms with Gasteiger partial charge in [-0.05, 0) is 36.1 Å². The van der Waals surface area contributed by atoms with Gasteiger partial charge in [-0.25, -0.2) is 0 Å². The molecule has 1 amide bonds. The molecule has 0 saturated heterocycles. The van der Waals surface area contributed by atoms with Gasteiger partial charge in [0.2, 0.25) is 5.91 Å². The van der Waals surface area contributed by atoms with Crippen LogP contribution in [0.1, 0.15) is 24.0 Å². The van der Waals surface area contributed by atoms with Crippen LogP contribution in [0.5, 0.6) is 0 Å². The number of hydrogen-bond acceptors (Lipinski definition) is 3. The molecule has 1 fully saturated rings. The number of nitrogens with one attached hydrogen (secondary N) is 1. The highest BCUT2D eigenvalue weighted by Crippen LogP contribution is 2.46. The summed E-state index contributed by atoms with van der Waals surface area (Å²) in [7, 11) is -1.06. The van der Waals surface area contributed by atoms with E-state index in [0.717, 1.165) is 11.1 Å². The van der Waals surface area contributed by atoms with E-state index in [1.165, 1.54) is 0 Å². The number of carbonyl (C=O) groups excluding carboxylic acids is 1. The third kappa shape index (κ3) is 4.14. The van der Waals surface area contributed by atoms with Crippen molar-refractivity contribution in [3.63, 3.8) is 0 Å². The second-order valence-corrected chi connectivity index (χ2v) is 7.71. The predicted molar refractivity (Wildman–Crippen MR) is 96.4 cm³/mol. The van der Waals surface area contributed by atoms with Crippen LogP contribution >= 0.6 is 0 Å². The summed E-state index contributed by atoms with van der Waals surface area (Å²) in [6.07, 6.45) is 0.740. The van der Waals surface area contributed by atoms with E-state index in [-0.39, 0.29) is 0 Å². The van der Waals surface area contributed by atoms with Crippen molar-refractivity contribution < 1.29 is 18.9 Å². The van der Waals surface area contributed by atoms with Crippen LogP contribution in [0.3, 0.4) is 0 Å². The van der Waals surface area contributed by atoms with Crippen molar-refractivity contribution in [1.29, 1.82) is 0 Å². The lowest BCUT2D eigenvalue weighted by molar-refractivity contribution is -0.147. The van der Waals surface area contributed by atoms with E-state index in [1.807, 2.05) is 36.4 Å². The quantitative estimate of drug-likeness (QED) is 0.746. The Morgan fingerprint density at radius 2 is 1.64 bits per heavy atom. The zero-order valence-electron chi connectivity index (χ0n) is 13.6. The summed E-state index contributed by atoms with van der Waals surface area (Å²) in [6.45, 7) is 0. The Kier molecular flexibility index (Phi) is 4.99. The minimum Gasteiger partial charge on any atom is -0.480 e. The smallest absolute Gasteiger partial charge is 0.319 e. The van der Waals surface area contributed by atoms with Crippen molar-refractivity contribution >= 4 is 28.4 Å². The Morgan fingerprint density at radius 3 is 2.28 bits per heavy atom. The highest BCUT2D eigenvalue weighted by Gasteiger charge is 2.57. The number of carbonyl (C=O) groups is 2. The van der Waals surface area contributed by atoms with Crippen LogP contribution in [0.4, 0.5) is 5.69 Å². The molecule has 1 aliphatic rings. The Balaban J connectivity index is 1.62. The molecule has 1 aliphatic carbocycles. The molecule has 1 unspecified atom stereocenters. The van der Waals surface area contributed by atoms with Gasteiger partial charge in [-0.3, -0.25) is 13.8 Å². The molecular formula is C19H19NO4S. The van der Waals surface area contributed by atoms with Gasteiger partial charge in [0.1, 0.15) is 5.41 Å². The van der Waals surface area contributed by atoms with Crippen molar-refractivity contribution in [2.75, 3.05) is 5.32 Å². The fraction of sp³-hybridized carbons (Fsp3) is 0.263. The summed E-state index contributed by atoms with van der Waals surface area (Å²) in [5.41, 5.74) is 1.12. The molecule has 1 saturated carbocycles. The molecule has 3 rings (SSSR count). The number of carboxylic acid groups (broad SMARTS) is 1. The SMILES string of the molecule is O=C(O)C1(C(=O)Nc2cccc(CS(=O)Cc3ccccc3)c2)CC1. The van der Waals surface area contributed by atoms with Gasteiger partial charge in [0.05, 0.1) is 0 Å². The van der Waals surface area contributed by atoms with Crippen LogP contribution in [0.25, 0.3) is 0 Å². The highest BCUT2D eigenvalue weighted by molar-refractivity contribution is 7.83. The summed E-state index contributed by atoms with van der Waals surface area (Å²) >= 11 is 0. The van der Waals surface area contributed by atoms with Crippen molar-refractivity contribution in [3.8, 4) is 0 Å². The Bertz CT molecular complexity index is 815. The van der Waals surface area contributed by atoms with Crippen molar-refractivity contribution in [1.82, 2.24) is 0 Å². The molecule has 0 aliphatic heterocycles. The molecule has 1 atom stereocenters. The molecule has 2 aromatic rings. The van der Waals surface area contributed by atoms with Gasteiger partial charge in [-0.2, -0.15) is 0 Å². The van der Waals surface area contributed by atoms with Crippen LogP contribution in [0, 0.1) is 5.41 Å². The van der Waals surface area contributed by atoms with Gasteiger partial charge in [0.15, 0.2) is 0 Å². The van der Waals surface area contributed by atoms with E-state index in [2.05, 4.69) is 5.32 Å². The minimum atomic E-state index is -1.27. The van der Waals surface area contributed by atoms with Gasteiger partial charge >= 0.3 is 5.97 Å². The first-order valence-corrected chi connectivity index (χ1v) is 9.51. The van der Waals surface area contributed by atoms with E-state index in [1.54, 1.807) is 18.2 Å². The third-order valence-corrected chi connectivity index (χ3v) is 5.59. The molecule has 25 heavy (non-hydrogen) atoms. The first kappa shape index (κ1) is 17.4. The van der Waals surface area contributed by atoms with Crippen molar-refractivity contribution in [2.24, 2.45) is 5.41 Å². The maximum absolute atomic E-state index is 12.3. The van der Waals surface area contributed by atoms with Gasteiger partial charge < -0.3 is 10.4 Å². The van der Waals surface area contributed by atoms with Crippen LogP contribution in [0.2, 0.25) is 0 Å². The van der Waals surface area contributed by atoms with Gasteiger partial charge in [-0.1, -0.05) is 42.5 Å². The summed E-state index contributed by atoms with van der Waals surface area (Å²) in [6, 6.07) is 16.7. The average molecular weight is 357 g/mol. The number of hydrogen-bond donors (Lipinski definition) is 2. The normalized spacial score (nSPS) is 16.0. The lowest BCUT2D eigenvalue weighted by Gasteiger charge is -2.12. The monoisotopic (exact) mass is 357 g/mol. The van der Waals surface area contributed by atoms with Crippen molar-refractivity contribution in [3.05, 3.63) is 65.7 Å². The lowest BCUT2D eigenvalue weighted by atomic mass is 10.1. The molecule has 6 heteroatoms. The fourth-order valence-electron chi connectivity index (χ4n) is 2.65. The minimum absolute atomic E-state index is 0.370. The number of benzene rings is 2. The summed E-state index contributed by atoms with van der Waals surface area (Å²) in [4.78, 5) is 23.4. The molecule has 0 spiro atoms. The van der Waals surface area contributed by atoms with E-state index >= 15 is 0 Å². The first-order chi connectivity index (χ1) is 12.0. The maximum atomic E-state index is 12.3. The summed E-state index contributed by atoms with van der Waals surface area (Å²) in [5.74, 6) is -0.713. The van der Waals surface area contributed by atoms with Crippen LogP contribution in [0.15, 0.2) is 54.6 Å². The number of aliphatic carboxylic acids is 1. The number of rotatable bonds is 7. The predicted octanol–water partition coefficient (Wildman–Crippen LogP) is 2.94. The largest absolute Gasteiger partial charge is 0.480 e. The molecule has 0 heterocycles. The summed E-state index contributed by atoms with van der Waals surface area (Å²) in [5, 5.41) is 11.8. The van der Waals surface area contributed by atoms with E-state index < -0.39 is 28.1 Å². The van der Waals surface area contributed by atoms with E-state index in [0.29, 0.717) is 30.0 Å². The summed E-state index contributed by atoms with van der Waals surface area (Å²) < 4.78 is 12.3. The Labute approximate surface area is 148 Å². The second kappa shape index (κ2) is 7.19. The molecule has 5 nitrogen and oxygen atoms in total. The van der Waals surface area contributed by atoms with Crippen molar-refractivity contribution in [2.45, 2.75) is 24.3 Å². The molecule has 0 aromatic heterocycles. The number of amides is 1. The standard InChI is InChI=1S/C19H19NO4S/c21-17(19(9-10-19)18(22)23)20-16-8-4-7-15(11-16)13-25(24)12-14-5-2-1-3-6-14/h1-8,11H,9-10,12-13H2,(H,20,21)(H,22,23). The van der Waals surface area contributed by atoms with E-state index in [4.69, 9.17) is 5.11 Å². The Morgan fingerprint density at radius 1 is 1.00 bits per heavy atom.